The Bertz CT molecular complexity index is 1380. The molecule has 5 rings (SSSR count). The van der Waals surface area contributed by atoms with Crippen molar-refractivity contribution in [3.05, 3.63) is 76.0 Å². The van der Waals surface area contributed by atoms with Gasteiger partial charge in [-0.15, -0.1) is 17.9 Å². The minimum Gasteiger partial charge on any atom is -0.504 e. The van der Waals surface area contributed by atoms with Gasteiger partial charge in [-0.25, -0.2) is 0 Å². The molecule has 0 saturated heterocycles. The van der Waals surface area contributed by atoms with E-state index in [4.69, 9.17) is 14.2 Å². The smallest absolute Gasteiger partial charge is 0.172 e. The van der Waals surface area contributed by atoms with Crippen LogP contribution in [0.3, 0.4) is 0 Å². The highest BCUT2D eigenvalue weighted by atomic mass is 32.1. The predicted molar refractivity (Wildman–Crippen MR) is 144 cm³/mol. The number of hydrogen-bond acceptors (Lipinski definition) is 6. The Balaban J connectivity index is 1.74. The second-order valence-corrected chi connectivity index (χ2v) is 10.2. The number of ether oxygens (including phenoxy) is 3. The van der Waals surface area contributed by atoms with E-state index >= 15 is 0 Å². The molecule has 3 aromatic rings. The first-order valence-corrected chi connectivity index (χ1v) is 12.4. The van der Waals surface area contributed by atoms with Crippen molar-refractivity contribution in [1.82, 2.24) is 0 Å². The minimum atomic E-state index is -0.165. The molecule has 0 unspecified atom stereocenters. The Hall–Kier alpha value is -3.48. The van der Waals surface area contributed by atoms with Crippen LogP contribution in [-0.4, -0.2) is 24.4 Å². The van der Waals surface area contributed by atoms with E-state index in [-0.39, 0.29) is 11.3 Å². The van der Waals surface area contributed by atoms with Crippen LogP contribution in [0.1, 0.15) is 42.3 Å². The third kappa shape index (κ3) is 4.13. The number of hydrogen-bond donors (Lipinski definition) is 2. The molecule has 2 aromatic carbocycles. The first kappa shape index (κ1) is 23.3. The molecule has 0 amide bonds. The van der Waals surface area contributed by atoms with Gasteiger partial charge in [0.25, 0.3) is 0 Å². The van der Waals surface area contributed by atoms with Gasteiger partial charge in [-0.2, -0.15) is 0 Å². The van der Waals surface area contributed by atoms with Crippen LogP contribution >= 0.6 is 11.3 Å². The largest absolute Gasteiger partial charge is 0.504 e. The summed E-state index contributed by atoms with van der Waals surface area (Å²) < 4.78 is 17.9. The van der Waals surface area contributed by atoms with Gasteiger partial charge >= 0.3 is 0 Å². The highest BCUT2D eigenvalue weighted by Crippen LogP contribution is 2.54. The lowest BCUT2D eigenvalue weighted by Crippen LogP contribution is -2.32. The van der Waals surface area contributed by atoms with Crippen molar-refractivity contribution in [3.8, 4) is 28.4 Å². The maximum atomic E-state index is 10.5. The van der Waals surface area contributed by atoms with Gasteiger partial charge in [0, 0.05) is 27.3 Å². The second-order valence-electron chi connectivity index (χ2n) is 9.30. The van der Waals surface area contributed by atoms with Crippen LogP contribution in [0.25, 0.3) is 28.5 Å². The van der Waals surface area contributed by atoms with Crippen LogP contribution in [-0.2, 0) is 11.3 Å². The average Bonchev–Trinajstić information content (AvgIpc) is 3.25. The Kier molecular flexibility index (Phi) is 5.95. The quantitative estimate of drug-likeness (QED) is 0.282. The summed E-state index contributed by atoms with van der Waals surface area (Å²) >= 11 is 1.65. The van der Waals surface area contributed by atoms with E-state index in [1.165, 1.54) is 5.57 Å². The van der Waals surface area contributed by atoms with E-state index in [0.29, 0.717) is 24.7 Å². The second kappa shape index (κ2) is 8.95. The molecule has 2 aliphatic heterocycles. The molecule has 0 spiro atoms. The number of nitrogens with one attached hydrogen (secondary N) is 1. The lowest BCUT2D eigenvalue weighted by atomic mass is 9.83. The normalized spacial score (nSPS) is 16.3. The fourth-order valence-corrected chi connectivity index (χ4v) is 5.75. The van der Waals surface area contributed by atoms with E-state index in [9.17, 15) is 5.11 Å². The number of aromatic hydroxyl groups is 1. The number of rotatable bonds is 6. The number of phenolic OH excluding ortho intramolecular Hbond substituents is 1. The Morgan fingerprint density at radius 1 is 1.14 bits per heavy atom. The zero-order chi connectivity index (χ0) is 24.7. The number of methoxy groups -OCH3 is 1. The van der Waals surface area contributed by atoms with Gasteiger partial charge in [0.15, 0.2) is 11.5 Å². The van der Waals surface area contributed by atoms with E-state index in [2.05, 4.69) is 68.4 Å². The molecule has 2 aliphatic rings. The van der Waals surface area contributed by atoms with E-state index in [1.807, 2.05) is 0 Å². The maximum Gasteiger partial charge on any atom is 0.172 e. The zero-order valence-electron chi connectivity index (χ0n) is 20.4. The number of phenols is 1. The van der Waals surface area contributed by atoms with Crippen LogP contribution in [0.2, 0.25) is 0 Å². The van der Waals surface area contributed by atoms with E-state index in [0.717, 1.165) is 44.1 Å². The summed E-state index contributed by atoms with van der Waals surface area (Å²) in [4.78, 5) is 1.08. The molecule has 2 N–H and O–H groups in total. The molecular weight excluding hydrogens is 458 g/mol. The van der Waals surface area contributed by atoms with Crippen LogP contribution in [0.15, 0.2) is 54.4 Å². The van der Waals surface area contributed by atoms with E-state index in [1.54, 1.807) is 36.7 Å². The van der Waals surface area contributed by atoms with Gasteiger partial charge in [0.1, 0.15) is 11.5 Å². The van der Waals surface area contributed by atoms with Gasteiger partial charge < -0.3 is 24.6 Å². The van der Waals surface area contributed by atoms with Gasteiger partial charge in [-0.3, -0.25) is 0 Å². The third-order valence-electron chi connectivity index (χ3n) is 6.21. The van der Waals surface area contributed by atoms with Gasteiger partial charge in [-0.1, -0.05) is 18.2 Å². The molecule has 5 nitrogen and oxygen atoms in total. The van der Waals surface area contributed by atoms with Crippen molar-refractivity contribution >= 4 is 34.4 Å². The van der Waals surface area contributed by atoms with Crippen molar-refractivity contribution in [2.45, 2.75) is 32.9 Å². The molecule has 0 saturated carbocycles. The number of anilines is 1. The lowest BCUT2D eigenvalue weighted by Gasteiger charge is -2.35. The molecule has 0 atom stereocenters. The minimum absolute atomic E-state index is 0.0809. The topological polar surface area (TPSA) is 60.0 Å². The van der Waals surface area contributed by atoms with Crippen molar-refractivity contribution < 1.29 is 19.3 Å². The fraction of sp³-hybridized carbons (Fsp3) is 0.241. The molecule has 1 aromatic heterocycles. The van der Waals surface area contributed by atoms with Crippen LogP contribution in [0.5, 0.6) is 17.2 Å². The monoisotopic (exact) mass is 487 g/mol. The number of benzene rings is 2. The first-order valence-electron chi connectivity index (χ1n) is 11.5. The maximum absolute atomic E-state index is 10.5. The van der Waals surface area contributed by atoms with Crippen molar-refractivity contribution in [3.63, 3.8) is 0 Å². The fourth-order valence-electron chi connectivity index (χ4n) is 4.91. The Morgan fingerprint density at radius 3 is 2.74 bits per heavy atom. The predicted octanol–water partition coefficient (Wildman–Crippen LogP) is 7.33. The number of allylic oxidation sites excluding steroid dienone is 1. The lowest BCUT2D eigenvalue weighted by molar-refractivity contribution is 0.149. The molecule has 3 heterocycles. The molecule has 180 valence electrons. The summed E-state index contributed by atoms with van der Waals surface area (Å²) in [5, 5.41) is 16.2. The summed E-state index contributed by atoms with van der Waals surface area (Å²) in [7, 11) is 1.56. The van der Waals surface area contributed by atoms with Crippen LogP contribution < -0.4 is 14.8 Å². The summed E-state index contributed by atoms with van der Waals surface area (Å²) in [6.07, 6.45) is 6.08. The Morgan fingerprint density at radius 2 is 1.97 bits per heavy atom. The number of fused-ring (bicyclic) bond motifs is 5. The molecule has 0 radical (unpaired) electrons. The molecular formula is C29H29NO4S. The SMILES string of the molecule is C=CCOCc1ccsc1C=C1Oc2ccc(O)c(OC)c2-c2ccc3c(c21)C(C)=CC(C)(C)N3. The molecule has 0 aliphatic carbocycles. The van der Waals surface area contributed by atoms with Gasteiger partial charge in [0.2, 0.25) is 0 Å². The van der Waals surface area contributed by atoms with Crippen LogP contribution in [0, 0.1) is 0 Å². The van der Waals surface area contributed by atoms with Crippen molar-refractivity contribution in [2.24, 2.45) is 0 Å². The van der Waals surface area contributed by atoms with Gasteiger partial charge in [0.05, 0.1) is 31.4 Å². The summed E-state index contributed by atoms with van der Waals surface area (Å²) in [5.74, 6) is 1.88. The molecule has 6 heteroatoms. The first-order chi connectivity index (χ1) is 16.8. The van der Waals surface area contributed by atoms with Crippen molar-refractivity contribution in [1.29, 1.82) is 0 Å². The summed E-state index contributed by atoms with van der Waals surface area (Å²) in [6.45, 7) is 11.2. The number of thiophene rings is 1. The zero-order valence-corrected chi connectivity index (χ0v) is 21.2. The van der Waals surface area contributed by atoms with Gasteiger partial charge in [-0.05, 0) is 67.6 Å². The van der Waals surface area contributed by atoms with Crippen molar-refractivity contribution in [2.75, 3.05) is 19.0 Å². The summed E-state index contributed by atoms with van der Waals surface area (Å²) in [6, 6.07) is 9.65. The standard InChI is InChI=1S/C29H29NO4S/c1-6-12-33-16-18-11-13-35-24(18)14-23-26-19(27-22(34-23)10-9-21(31)28(27)32-5)7-8-20-25(26)17(2)15-29(3,4)30-20/h6-11,13-15,30-31H,1,12,16H2,2-5H3. The molecule has 0 fully saturated rings. The van der Waals surface area contributed by atoms with E-state index < -0.39 is 0 Å². The third-order valence-corrected chi connectivity index (χ3v) is 7.11. The highest BCUT2D eigenvalue weighted by molar-refractivity contribution is 7.11. The highest BCUT2D eigenvalue weighted by Gasteiger charge is 2.33. The Labute approximate surface area is 210 Å². The molecule has 0 bridgehead atoms. The van der Waals surface area contributed by atoms with Crippen LogP contribution in [0.4, 0.5) is 5.69 Å². The summed E-state index contributed by atoms with van der Waals surface area (Å²) in [5.41, 5.74) is 6.92. The molecule has 35 heavy (non-hydrogen) atoms. The average molecular weight is 488 g/mol.